The van der Waals surface area contributed by atoms with Crippen LogP contribution in [0.4, 0.5) is 15.8 Å². The second kappa shape index (κ2) is 9.36. The fourth-order valence-electron chi connectivity index (χ4n) is 2.28. The molecule has 9 heteroatoms. The van der Waals surface area contributed by atoms with E-state index in [1.54, 1.807) is 12.1 Å². The van der Waals surface area contributed by atoms with Crippen LogP contribution in [0.3, 0.4) is 0 Å². The number of halogens is 1. The Morgan fingerprint density at radius 2 is 1.64 bits per heavy atom. The number of ether oxygens (including phenoxy) is 3. The first-order chi connectivity index (χ1) is 13.3. The quantitative estimate of drug-likeness (QED) is 0.705. The number of hydrogen-bond acceptors (Lipinski definition) is 6. The highest BCUT2D eigenvalue weighted by Gasteiger charge is 2.15. The van der Waals surface area contributed by atoms with Gasteiger partial charge in [0.05, 0.1) is 25.5 Å². The monoisotopic (exact) mass is 390 g/mol. The lowest BCUT2D eigenvalue weighted by Gasteiger charge is -2.12. The van der Waals surface area contributed by atoms with Gasteiger partial charge in [-0.25, -0.2) is 9.18 Å². The van der Waals surface area contributed by atoms with Gasteiger partial charge in [-0.2, -0.15) is 0 Å². The van der Waals surface area contributed by atoms with Crippen molar-refractivity contribution in [1.29, 1.82) is 0 Å². The molecule has 0 fully saturated rings. The van der Waals surface area contributed by atoms with E-state index < -0.39 is 24.3 Å². The van der Waals surface area contributed by atoms with E-state index in [0.29, 0.717) is 11.4 Å². The van der Waals surface area contributed by atoms with Crippen molar-refractivity contribution in [2.75, 3.05) is 31.5 Å². The predicted octanol–water partition coefficient (Wildman–Crippen LogP) is 2.60. The van der Waals surface area contributed by atoms with Crippen molar-refractivity contribution >= 4 is 29.2 Å². The summed E-state index contributed by atoms with van der Waals surface area (Å²) in [6.45, 7) is 0.754. The Kier molecular flexibility index (Phi) is 6.91. The average Bonchev–Trinajstić information content (AvgIpc) is 2.65. The first-order valence-corrected chi connectivity index (χ1v) is 8.10. The molecule has 0 unspecified atom stereocenters. The number of nitrogens with one attached hydrogen (secondary N) is 2. The number of benzene rings is 2. The Morgan fingerprint density at radius 1 is 0.964 bits per heavy atom. The minimum absolute atomic E-state index is 0.0135. The Hall–Kier alpha value is -3.62. The van der Waals surface area contributed by atoms with Crippen LogP contribution in [0.2, 0.25) is 0 Å². The van der Waals surface area contributed by atoms with Gasteiger partial charge in [0.1, 0.15) is 5.75 Å². The first-order valence-electron chi connectivity index (χ1n) is 8.10. The van der Waals surface area contributed by atoms with Crippen LogP contribution >= 0.6 is 0 Å². The maximum Gasteiger partial charge on any atom is 0.338 e. The van der Waals surface area contributed by atoms with Gasteiger partial charge in [-0.1, -0.05) is 0 Å². The van der Waals surface area contributed by atoms with Gasteiger partial charge in [0.25, 0.3) is 5.91 Å². The maximum absolute atomic E-state index is 13.7. The molecule has 0 aliphatic rings. The molecule has 0 radical (unpaired) electrons. The van der Waals surface area contributed by atoms with E-state index in [9.17, 15) is 18.8 Å². The second-order valence-corrected chi connectivity index (χ2v) is 5.57. The molecule has 0 aliphatic carbocycles. The van der Waals surface area contributed by atoms with Crippen molar-refractivity contribution in [1.82, 2.24) is 0 Å². The first kappa shape index (κ1) is 20.7. The van der Waals surface area contributed by atoms with Crippen molar-refractivity contribution in [2.45, 2.75) is 6.92 Å². The van der Waals surface area contributed by atoms with Gasteiger partial charge in [0, 0.05) is 12.6 Å². The van der Waals surface area contributed by atoms with Crippen LogP contribution in [0.15, 0.2) is 36.4 Å². The average molecular weight is 390 g/mol. The lowest BCUT2D eigenvalue weighted by Crippen LogP contribution is -2.21. The number of carbonyl (C=O) groups is 3. The molecular formula is C19H19FN2O6. The van der Waals surface area contributed by atoms with Crippen molar-refractivity contribution in [3.8, 4) is 11.5 Å². The number of hydrogen-bond donors (Lipinski definition) is 2. The van der Waals surface area contributed by atoms with Crippen LogP contribution in [0.25, 0.3) is 0 Å². The summed E-state index contributed by atoms with van der Waals surface area (Å²) in [5, 5.41) is 5.10. The van der Waals surface area contributed by atoms with Crippen molar-refractivity contribution < 1.29 is 33.0 Å². The van der Waals surface area contributed by atoms with E-state index in [0.717, 1.165) is 6.07 Å². The van der Waals surface area contributed by atoms with Crippen LogP contribution in [0, 0.1) is 5.82 Å². The normalized spacial score (nSPS) is 10.0. The van der Waals surface area contributed by atoms with Gasteiger partial charge < -0.3 is 24.8 Å². The lowest BCUT2D eigenvalue weighted by molar-refractivity contribution is -0.119. The Bertz CT molecular complexity index is 900. The molecule has 0 heterocycles. The summed E-state index contributed by atoms with van der Waals surface area (Å²) in [7, 11) is 2.72. The van der Waals surface area contributed by atoms with Crippen molar-refractivity contribution in [3.63, 3.8) is 0 Å². The van der Waals surface area contributed by atoms with E-state index in [1.807, 2.05) is 0 Å². The van der Waals surface area contributed by atoms with Crippen LogP contribution < -0.4 is 20.1 Å². The molecular weight excluding hydrogens is 371 g/mol. The topological polar surface area (TPSA) is 103 Å². The zero-order valence-electron chi connectivity index (χ0n) is 15.5. The number of amides is 2. The summed E-state index contributed by atoms with van der Waals surface area (Å²) in [5.41, 5.74) is 0.677. The second-order valence-electron chi connectivity index (χ2n) is 5.57. The van der Waals surface area contributed by atoms with E-state index in [-0.39, 0.29) is 22.9 Å². The van der Waals surface area contributed by atoms with Gasteiger partial charge in [-0.3, -0.25) is 9.59 Å². The highest BCUT2D eigenvalue weighted by atomic mass is 19.1. The summed E-state index contributed by atoms with van der Waals surface area (Å²) in [4.78, 5) is 35.2. The third-order valence-corrected chi connectivity index (χ3v) is 3.52. The molecule has 0 aromatic heterocycles. The summed E-state index contributed by atoms with van der Waals surface area (Å²) < 4.78 is 28.5. The fourth-order valence-corrected chi connectivity index (χ4v) is 2.28. The maximum atomic E-state index is 13.7. The zero-order valence-corrected chi connectivity index (χ0v) is 15.5. The molecule has 0 saturated heterocycles. The predicted molar refractivity (Wildman–Crippen MR) is 99.2 cm³/mol. The molecule has 0 spiro atoms. The SMILES string of the molecule is COc1ccc(C(=O)OCC(=O)Nc2cc(NC(C)=O)ccc2OC)cc1F. The van der Waals surface area contributed by atoms with E-state index in [4.69, 9.17) is 14.2 Å². The molecule has 8 nitrogen and oxygen atoms in total. The highest BCUT2D eigenvalue weighted by Crippen LogP contribution is 2.28. The third-order valence-electron chi connectivity index (χ3n) is 3.52. The van der Waals surface area contributed by atoms with Gasteiger partial charge in [0.15, 0.2) is 18.2 Å². The Morgan fingerprint density at radius 3 is 2.25 bits per heavy atom. The van der Waals surface area contributed by atoms with Crippen molar-refractivity contribution in [2.24, 2.45) is 0 Å². The molecule has 2 N–H and O–H groups in total. The molecule has 148 valence electrons. The van der Waals surface area contributed by atoms with Crippen molar-refractivity contribution in [3.05, 3.63) is 47.8 Å². The summed E-state index contributed by atoms with van der Waals surface area (Å²) in [5.74, 6) is -2.16. The standard InChI is InChI=1S/C19H19FN2O6/c1-11(23)21-13-5-7-17(27-3)15(9-13)22-18(24)10-28-19(25)12-4-6-16(26-2)14(20)8-12/h4-9H,10H2,1-3H3,(H,21,23)(H,22,24). The van der Waals surface area contributed by atoms with Gasteiger partial charge in [0.2, 0.25) is 5.91 Å². The number of rotatable bonds is 7. The molecule has 2 rings (SSSR count). The van der Waals surface area contributed by atoms with Crippen LogP contribution in [-0.2, 0) is 14.3 Å². The lowest BCUT2D eigenvalue weighted by atomic mass is 10.2. The van der Waals surface area contributed by atoms with Crippen LogP contribution in [-0.4, -0.2) is 38.6 Å². The molecule has 28 heavy (non-hydrogen) atoms. The van der Waals surface area contributed by atoms with Crippen LogP contribution in [0.5, 0.6) is 11.5 Å². The number of anilines is 2. The summed E-state index contributed by atoms with van der Waals surface area (Å²) in [6, 6.07) is 8.23. The Labute approximate surface area is 160 Å². The summed E-state index contributed by atoms with van der Waals surface area (Å²) in [6.07, 6.45) is 0. The van der Waals surface area contributed by atoms with E-state index >= 15 is 0 Å². The van der Waals surface area contributed by atoms with E-state index in [1.165, 1.54) is 39.3 Å². The van der Waals surface area contributed by atoms with Gasteiger partial charge in [-0.15, -0.1) is 0 Å². The largest absolute Gasteiger partial charge is 0.495 e. The molecule has 2 amide bonds. The molecule has 0 aliphatic heterocycles. The third kappa shape index (κ3) is 5.44. The van der Waals surface area contributed by atoms with Gasteiger partial charge in [-0.05, 0) is 36.4 Å². The molecule has 2 aromatic carbocycles. The fraction of sp³-hybridized carbons (Fsp3) is 0.211. The van der Waals surface area contributed by atoms with Gasteiger partial charge >= 0.3 is 5.97 Å². The molecule has 0 atom stereocenters. The number of carbonyl (C=O) groups excluding carboxylic acids is 3. The van der Waals surface area contributed by atoms with E-state index in [2.05, 4.69) is 10.6 Å². The smallest absolute Gasteiger partial charge is 0.338 e. The molecule has 0 saturated carbocycles. The number of methoxy groups -OCH3 is 2. The minimum Gasteiger partial charge on any atom is -0.495 e. The Balaban J connectivity index is 2.01. The summed E-state index contributed by atoms with van der Waals surface area (Å²) >= 11 is 0. The van der Waals surface area contributed by atoms with Crippen LogP contribution in [0.1, 0.15) is 17.3 Å². The zero-order chi connectivity index (χ0) is 20.7. The highest BCUT2D eigenvalue weighted by molar-refractivity contribution is 5.97. The molecule has 0 bridgehead atoms. The number of esters is 1. The molecule has 2 aromatic rings. The minimum atomic E-state index is -0.865.